The Bertz CT molecular complexity index is 593. The molecule has 18 heavy (non-hydrogen) atoms. The van der Waals surface area contributed by atoms with Gasteiger partial charge in [-0.25, -0.2) is 4.39 Å². The molecule has 2 nitrogen and oxygen atoms in total. The Morgan fingerprint density at radius 1 is 1.06 bits per heavy atom. The van der Waals surface area contributed by atoms with E-state index in [0.29, 0.717) is 11.3 Å². The highest BCUT2D eigenvalue weighted by atomic mass is 19.1. The average Bonchev–Trinajstić information content (AvgIpc) is 2.34. The maximum absolute atomic E-state index is 13.0. The predicted molar refractivity (Wildman–Crippen MR) is 70.3 cm³/mol. The van der Waals surface area contributed by atoms with Crippen molar-refractivity contribution in [3.05, 3.63) is 65.0 Å². The van der Waals surface area contributed by atoms with Gasteiger partial charge in [0.2, 0.25) is 0 Å². The number of amides is 1. The summed E-state index contributed by atoms with van der Waals surface area (Å²) in [4.78, 5) is 11.9. The Hall–Kier alpha value is -2.16. The van der Waals surface area contributed by atoms with E-state index >= 15 is 0 Å². The zero-order valence-electron chi connectivity index (χ0n) is 10.3. The first kappa shape index (κ1) is 12.3. The van der Waals surface area contributed by atoms with Crippen LogP contribution in [0, 0.1) is 19.7 Å². The number of hydrogen-bond donors (Lipinski definition) is 1. The molecule has 0 aromatic heterocycles. The fraction of sp³-hybridized carbons (Fsp3) is 0.133. The number of hydrogen-bond acceptors (Lipinski definition) is 1. The molecule has 0 heterocycles. The summed E-state index contributed by atoms with van der Waals surface area (Å²) in [7, 11) is 0. The third kappa shape index (κ3) is 2.74. The predicted octanol–water partition coefficient (Wildman–Crippen LogP) is 3.69. The van der Waals surface area contributed by atoms with Gasteiger partial charge in [0.05, 0.1) is 0 Å². The van der Waals surface area contributed by atoms with Crippen LogP contribution in [0.2, 0.25) is 0 Å². The number of anilines is 1. The van der Waals surface area contributed by atoms with Gasteiger partial charge in [-0.05, 0) is 55.3 Å². The highest BCUT2D eigenvalue weighted by molar-refractivity contribution is 6.04. The van der Waals surface area contributed by atoms with Crippen molar-refractivity contribution in [3.63, 3.8) is 0 Å². The van der Waals surface area contributed by atoms with Gasteiger partial charge in [0.15, 0.2) is 0 Å². The van der Waals surface area contributed by atoms with E-state index in [2.05, 4.69) is 5.32 Å². The first-order chi connectivity index (χ1) is 8.56. The molecule has 0 fully saturated rings. The van der Waals surface area contributed by atoms with E-state index in [1.165, 1.54) is 23.8 Å². The summed E-state index contributed by atoms with van der Waals surface area (Å²) in [5, 5.41) is 2.75. The lowest BCUT2D eigenvalue weighted by Crippen LogP contribution is -2.12. The molecule has 0 aliphatic rings. The second-order valence-electron chi connectivity index (χ2n) is 4.26. The summed E-state index contributed by atoms with van der Waals surface area (Å²) in [6.45, 7) is 3.99. The molecule has 0 aliphatic heterocycles. The molecule has 0 saturated carbocycles. The van der Waals surface area contributed by atoms with Crippen LogP contribution in [-0.4, -0.2) is 5.91 Å². The number of rotatable bonds is 2. The highest BCUT2D eigenvalue weighted by Gasteiger charge is 2.07. The molecule has 0 spiro atoms. The minimum absolute atomic E-state index is 0.308. The second kappa shape index (κ2) is 5.00. The van der Waals surface area contributed by atoms with E-state index < -0.39 is 5.82 Å². The Labute approximate surface area is 105 Å². The summed E-state index contributed by atoms with van der Waals surface area (Å²) in [6.07, 6.45) is 0. The summed E-state index contributed by atoms with van der Waals surface area (Å²) < 4.78 is 13.0. The van der Waals surface area contributed by atoms with Gasteiger partial charge in [-0.2, -0.15) is 0 Å². The molecule has 0 aliphatic carbocycles. The van der Waals surface area contributed by atoms with Crippen LogP contribution in [0.25, 0.3) is 0 Å². The molecule has 0 atom stereocenters. The molecule has 1 amide bonds. The van der Waals surface area contributed by atoms with Crippen molar-refractivity contribution in [1.82, 2.24) is 0 Å². The molecule has 2 rings (SSSR count). The van der Waals surface area contributed by atoms with Gasteiger partial charge in [0, 0.05) is 11.3 Å². The number of carbonyl (C=O) groups is 1. The fourth-order valence-corrected chi connectivity index (χ4v) is 1.65. The number of nitrogens with one attached hydrogen (secondary N) is 1. The topological polar surface area (TPSA) is 29.1 Å². The van der Waals surface area contributed by atoms with Crippen molar-refractivity contribution < 1.29 is 9.18 Å². The highest BCUT2D eigenvalue weighted by Crippen LogP contribution is 2.15. The van der Waals surface area contributed by atoms with Gasteiger partial charge in [-0.15, -0.1) is 0 Å². The lowest BCUT2D eigenvalue weighted by atomic mass is 10.1. The second-order valence-corrected chi connectivity index (χ2v) is 4.26. The van der Waals surface area contributed by atoms with Crippen LogP contribution in [0.5, 0.6) is 0 Å². The molecule has 92 valence electrons. The molecule has 0 radical (unpaired) electrons. The largest absolute Gasteiger partial charge is 0.322 e. The van der Waals surface area contributed by atoms with Crippen molar-refractivity contribution >= 4 is 11.6 Å². The molecule has 2 aromatic carbocycles. The number of carbonyl (C=O) groups excluding carboxylic acids is 1. The van der Waals surface area contributed by atoms with Crippen molar-refractivity contribution in [2.45, 2.75) is 13.8 Å². The van der Waals surface area contributed by atoms with E-state index in [9.17, 15) is 9.18 Å². The SMILES string of the molecule is Cc1ccc(NC(=O)c2cccc(F)c2)cc1C. The van der Waals surface area contributed by atoms with E-state index in [1.807, 2.05) is 32.0 Å². The third-order valence-electron chi connectivity index (χ3n) is 2.85. The zero-order chi connectivity index (χ0) is 13.1. The first-order valence-electron chi connectivity index (χ1n) is 5.70. The smallest absolute Gasteiger partial charge is 0.255 e. The minimum Gasteiger partial charge on any atom is -0.322 e. The van der Waals surface area contributed by atoms with E-state index in [0.717, 1.165) is 5.56 Å². The standard InChI is InChI=1S/C15H14FNO/c1-10-6-7-14(8-11(10)2)17-15(18)12-4-3-5-13(16)9-12/h3-9H,1-2H3,(H,17,18). The molecule has 2 aromatic rings. The normalized spacial score (nSPS) is 10.2. The van der Waals surface area contributed by atoms with E-state index in [1.54, 1.807) is 6.07 Å². The molecule has 0 bridgehead atoms. The van der Waals surface area contributed by atoms with Crippen molar-refractivity contribution in [2.75, 3.05) is 5.32 Å². The number of benzene rings is 2. The van der Waals surface area contributed by atoms with E-state index in [-0.39, 0.29) is 5.91 Å². The summed E-state index contributed by atoms with van der Waals surface area (Å²) >= 11 is 0. The fourth-order valence-electron chi connectivity index (χ4n) is 1.65. The van der Waals surface area contributed by atoms with Crippen LogP contribution < -0.4 is 5.32 Å². The lowest BCUT2D eigenvalue weighted by molar-refractivity contribution is 0.102. The van der Waals surface area contributed by atoms with Gasteiger partial charge in [0.1, 0.15) is 5.82 Å². The van der Waals surface area contributed by atoms with Gasteiger partial charge in [0.25, 0.3) is 5.91 Å². The monoisotopic (exact) mass is 243 g/mol. The minimum atomic E-state index is -0.414. The molecule has 3 heteroatoms. The zero-order valence-corrected chi connectivity index (χ0v) is 10.3. The quantitative estimate of drug-likeness (QED) is 0.856. The average molecular weight is 243 g/mol. The van der Waals surface area contributed by atoms with Crippen LogP contribution in [0.4, 0.5) is 10.1 Å². The van der Waals surface area contributed by atoms with Gasteiger partial charge >= 0.3 is 0 Å². The molecular weight excluding hydrogens is 229 g/mol. The Morgan fingerprint density at radius 3 is 2.50 bits per heavy atom. The molecule has 1 N–H and O–H groups in total. The lowest BCUT2D eigenvalue weighted by Gasteiger charge is -2.07. The van der Waals surface area contributed by atoms with Crippen LogP contribution in [-0.2, 0) is 0 Å². The summed E-state index contributed by atoms with van der Waals surface area (Å²) in [5.74, 6) is -0.722. The Kier molecular flexibility index (Phi) is 3.42. The van der Waals surface area contributed by atoms with Crippen molar-refractivity contribution in [3.8, 4) is 0 Å². The summed E-state index contributed by atoms with van der Waals surface area (Å²) in [6, 6.07) is 11.3. The van der Waals surface area contributed by atoms with E-state index in [4.69, 9.17) is 0 Å². The molecular formula is C15H14FNO. The molecule has 0 saturated heterocycles. The maximum Gasteiger partial charge on any atom is 0.255 e. The van der Waals surface area contributed by atoms with Crippen molar-refractivity contribution in [1.29, 1.82) is 0 Å². The molecule has 0 unspecified atom stereocenters. The van der Waals surface area contributed by atoms with Crippen LogP contribution in [0.3, 0.4) is 0 Å². The van der Waals surface area contributed by atoms with Crippen LogP contribution in [0.15, 0.2) is 42.5 Å². The van der Waals surface area contributed by atoms with Crippen LogP contribution >= 0.6 is 0 Å². The number of halogens is 1. The summed E-state index contributed by atoms with van der Waals surface area (Å²) in [5.41, 5.74) is 3.30. The third-order valence-corrected chi connectivity index (χ3v) is 2.85. The van der Waals surface area contributed by atoms with Crippen LogP contribution in [0.1, 0.15) is 21.5 Å². The Balaban J connectivity index is 2.18. The van der Waals surface area contributed by atoms with Gasteiger partial charge < -0.3 is 5.32 Å². The number of aryl methyl sites for hydroxylation is 2. The van der Waals surface area contributed by atoms with Gasteiger partial charge in [-0.3, -0.25) is 4.79 Å². The van der Waals surface area contributed by atoms with Gasteiger partial charge in [-0.1, -0.05) is 12.1 Å². The van der Waals surface area contributed by atoms with Crippen molar-refractivity contribution in [2.24, 2.45) is 0 Å². The first-order valence-corrected chi connectivity index (χ1v) is 5.70. The maximum atomic E-state index is 13.0. The Morgan fingerprint density at radius 2 is 1.83 bits per heavy atom.